The van der Waals surface area contributed by atoms with E-state index in [1.807, 2.05) is 39.8 Å². The number of likely N-dealkylation sites (tertiary alicyclic amines) is 1. The van der Waals surface area contributed by atoms with Gasteiger partial charge in [-0.2, -0.15) is 0 Å². The van der Waals surface area contributed by atoms with Gasteiger partial charge in [-0.25, -0.2) is 14.8 Å². The molecule has 0 radical (unpaired) electrons. The van der Waals surface area contributed by atoms with Gasteiger partial charge in [0.15, 0.2) is 17.3 Å². The smallest absolute Gasteiger partial charge is 0.410 e. The quantitative estimate of drug-likeness (QED) is 0.399. The molecule has 12 heteroatoms. The number of piperazine rings is 1. The lowest BCUT2D eigenvalue weighted by Gasteiger charge is -2.42. The minimum atomic E-state index is -0.639. The lowest BCUT2D eigenvalue weighted by molar-refractivity contribution is 0.0206. The first-order chi connectivity index (χ1) is 21.5. The van der Waals surface area contributed by atoms with Crippen molar-refractivity contribution in [3.8, 4) is 0 Å². The normalized spacial score (nSPS) is 20.6. The Kier molecular flexibility index (Phi) is 10.3. The van der Waals surface area contributed by atoms with Gasteiger partial charge in [-0.05, 0) is 84.2 Å². The Hall–Kier alpha value is -3.64. The zero-order chi connectivity index (χ0) is 32.1. The molecule has 0 aliphatic carbocycles. The molecule has 1 aromatic heterocycles. The molecule has 5 rings (SSSR count). The van der Waals surface area contributed by atoms with Crippen molar-refractivity contribution in [1.29, 1.82) is 0 Å². The molecule has 12 nitrogen and oxygen atoms in total. The maximum atomic E-state index is 12.7. The van der Waals surface area contributed by atoms with E-state index in [1.54, 1.807) is 4.90 Å². The molecule has 0 saturated carbocycles. The number of hydrogen-bond acceptors (Lipinski definition) is 10. The van der Waals surface area contributed by atoms with E-state index in [2.05, 4.69) is 49.5 Å². The van der Waals surface area contributed by atoms with E-state index in [1.165, 1.54) is 31.6 Å². The molecule has 1 aromatic carbocycles. The molecule has 0 unspecified atom stereocenters. The van der Waals surface area contributed by atoms with Gasteiger partial charge >= 0.3 is 6.09 Å². The number of piperidine rings is 2. The number of aromatic nitrogens is 2. The molecule has 3 aliphatic heterocycles. The largest absolute Gasteiger partial charge is 0.444 e. The van der Waals surface area contributed by atoms with E-state index in [0.717, 1.165) is 44.7 Å². The van der Waals surface area contributed by atoms with Crippen molar-refractivity contribution >= 4 is 35.0 Å². The fourth-order valence-electron chi connectivity index (χ4n) is 6.44. The lowest BCUT2D eigenvalue weighted by atomic mass is 10.0. The number of primary amides is 1. The van der Waals surface area contributed by atoms with Gasteiger partial charge in [0.2, 0.25) is 0 Å². The van der Waals surface area contributed by atoms with Gasteiger partial charge in [0, 0.05) is 75.8 Å². The van der Waals surface area contributed by atoms with Crippen LogP contribution < -0.4 is 21.3 Å². The fraction of sp³-hybridized carbons (Fsp3) is 0.636. The van der Waals surface area contributed by atoms with Crippen molar-refractivity contribution in [2.75, 3.05) is 74.9 Å². The van der Waals surface area contributed by atoms with Crippen LogP contribution in [0.25, 0.3) is 0 Å². The van der Waals surface area contributed by atoms with Gasteiger partial charge in [-0.3, -0.25) is 9.69 Å². The summed E-state index contributed by atoms with van der Waals surface area (Å²) in [5.41, 5.74) is 7.94. The van der Waals surface area contributed by atoms with Crippen LogP contribution in [0.4, 0.5) is 27.8 Å². The molecule has 3 fully saturated rings. The molecule has 2 aromatic rings. The van der Waals surface area contributed by atoms with E-state index in [9.17, 15) is 9.59 Å². The van der Waals surface area contributed by atoms with Crippen LogP contribution in [0, 0.1) is 0 Å². The van der Waals surface area contributed by atoms with Crippen molar-refractivity contribution in [3.63, 3.8) is 0 Å². The standard InChI is InChI=1S/C33H51N9O3/c1-6-27-30(36-24-8-7-15-42(22-24)32(44)45-33(2,3)4)38-31(28(37-27)29(34)43)35-23-9-11-25(12-10-23)40-16-13-26(14-17-40)41-20-18-39(5)19-21-41/h9-12,24,26H,6-8,13-22H2,1-5H3,(H2,34,43)(H2,35,36,38)/t24-/m1/s1. The molecule has 4 heterocycles. The Morgan fingerprint density at radius 3 is 2.27 bits per heavy atom. The molecule has 246 valence electrons. The van der Waals surface area contributed by atoms with Gasteiger partial charge < -0.3 is 35.8 Å². The molecule has 3 aliphatic rings. The number of carbonyl (C=O) groups excluding carboxylic acids is 2. The molecular formula is C33H51N9O3. The summed E-state index contributed by atoms with van der Waals surface area (Å²) < 4.78 is 5.59. The topological polar surface area (TPSA) is 132 Å². The second kappa shape index (κ2) is 14.2. The third-order valence-corrected chi connectivity index (χ3v) is 8.96. The number of aryl methyl sites for hydroxylation is 1. The van der Waals surface area contributed by atoms with Crippen LogP contribution in [-0.2, 0) is 11.2 Å². The van der Waals surface area contributed by atoms with E-state index in [0.29, 0.717) is 42.9 Å². The number of carbonyl (C=O) groups is 2. The first-order valence-corrected chi connectivity index (χ1v) is 16.5. The first kappa shape index (κ1) is 32.7. The van der Waals surface area contributed by atoms with E-state index in [-0.39, 0.29) is 17.8 Å². The van der Waals surface area contributed by atoms with Gasteiger partial charge in [0.1, 0.15) is 5.60 Å². The second-order valence-electron chi connectivity index (χ2n) is 13.6. The van der Waals surface area contributed by atoms with E-state index < -0.39 is 11.5 Å². The SMILES string of the molecule is CCc1nc(C(N)=O)c(Nc2ccc(N3CCC(N4CCN(C)CC4)CC3)cc2)nc1N[C@@H]1CCCN(C(=O)OC(C)(C)C)C1. The zero-order valence-corrected chi connectivity index (χ0v) is 27.6. The number of nitrogens with two attached hydrogens (primary N) is 1. The van der Waals surface area contributed by atoms with Crippen molar-refractivity contribution in [3.05, 3.63) is 35.7 Å². The molecule has 0 spiro atoms. The average Bonchev–Trinajstić information content (AvgIpc) is 3.01. The van der Waals surface area contributed by atoms with Crippen LogP contribution in [0.15, 0.2) is 24.3 Å². The molecule has 3 saturated heterocycles. The molecule has 1 atom stereocenters. The number of likely N-dealkylation sites (N-methyl/N-ethyl adjacent to an activating group) is 1. The zero-order valence-electron chi connectivity index (χ0n) is 27.6. The summed E-state index contributed by atoms with van der Waals surface area (Å²) in [4.78, 5) is 43.8. The Labute approximate surface area is 267 Å². The van der Waals surface area contributed by atoms with Crippen LogP contribution in [0.1, 0.15) is 69.6 Å². The average molecular weight is 622 g/mol. The third-order valence-electron chi connectivity index (χ3n) is 8.96. The number of rotatable bonds is 8. The van der Waals surface area contributed by atoms with Crippen LogP contribution >= 0.6 is 0 Å². The van der Waals surface area contributed by atoms with Crippen LogP contribution in [0.2, 0.25) is 0 Å². The summed E-state index contributed by atoms with van der Waals surface area (Å²) in [6, 6.07) is 8.89. The Morgan fingerprint density at radius 2 is 1.64 bits per heavy atom. The Bertz CT molecular complexity index is 1310. The maximum Gasteiger partial charge on any atom is 0.410 e. The monoisotopic (exact) mass is 621 g/mol. The highest BCUT2D eigenvalue weighted by Crippen LogP contribution is 2.28. The predicted octanol–water partition coefficient (Wildman–Crippen LogP) is 3.91. The van der Waals surface area contributed by atoms with E-state index in [4.69, 9.17) is 15.5 Å². The molecular weight excluding hydrogens is 570 g/mol. The highest BCUT2D eigenvalue weighted by molar-refractivity contribution is 5.96. The maximum absolute atomic E-state index is 12.7. The van der Waals surface area contributed by atoms with E-state index >= 15 is 0 Å². The van der Waals surface area contributed by atoms with Gasteiger partial charge in [-0.15, -0.1) is 0 Å². The van der Waals surface area contributed by atoms with Crippen molar-refractivity contribution in [2.24, 2.45) is 5.73 Å². The second-order valence-corrected chi connectivity index (χ2v) is 13.6. The van der Waals surface area contributed by atoms with Crippen molar-refractivity contribution in [2.45, 2.75) is 77.5 Å². The number of anilines is 4. The summed E-state index contributed by atoms with van der Waals surface area (Å²) in [6.07, 6.45) is 4.33. The minimum absolute atomic E-state index is 0.0298. The number of nitrogens with zero attached hydrogens (tertiary/aromatic N) is 6. The summed E-state index contributed by atoms with van der Waals surface area (Å²) in [5, 5.41) is 6.79. The minimum Gasteiger partial charge on any atom is -0.444 e. The predicted molar refractivity (Wildman–Crippen MR) is 178 cm³/mol. The molecule has 2 amide bonds. The van der Waals surface area contributed by atoms with Crippen molar-refractivity contribution in [1.82, 2.24) is 24.7 Å². The highest BCUT2D eigenvalue weighted by Gasteiger charge is 2.29. The lowest BCUT2D eigenvalue weighted by Crippen LogP contribution is -2.52. The van der Waals surface area contributed by atoms with Crippen LogP contribution in [0.3, 0.4) is 0 Å². The van der Waals surface area contributed by atoms with Crippen LogP contribution in [0.5, 0.6) is 0 Å². The summed E-state index contributed by atoms with van der Waals surface area (Å²) in [5.74, 6) is 0.253. The summed E-state index contributed by atoms with van der Waals surface area (Å²) in [6.45, 7) is 15.4. The molecule has 0 bridgehead atoms. The van der Waals surface area contributed by atoms with Crippen molar-refractivity contribution < 1.29 is 14.3 Å². The Balaban J connectivity index is 1.24. The van der Waals surface area contributed by atoms with Crippen LogP contribution in [-0.4, -0.2) is 114 Å². The Morgan fingerprint density at radius 1 is 0.956 bits per heavy atom. The third kappa shape index (κ3) is 8.55. The van der Waals surface area contributed by atoms with Gasteiger partial charge in [0.25, 0.3) is 5.91 Å². The number of benzene rings is 1. The summed E-state index contributed by atoms with van der Waals surface area (Å²) >= 11 is 0. The van der Waals surface area contributed by atoms with Gasteiger partial charge in [-0.1, -0.05) is 6.92 Å². The number of nitrogens with one attached hydrogen (secondary N) is 2. The number of ether oxygens (including phenoxy) is 1. The first-order valence-electron chi connectivity index (χ1n) is 16.5. The molecule has 4 N–H and O–H groups in total. The number of amides is 2. The molecule has 45 heavy (non-hydrogen) atoms. The highest BCUT2D eigenvalue weighted by atomic mass is 16.6. The van der Waals surface area contributed by atoms with Gasteiger partial charge in [0.05, 0.1) is 5.69 Å². The number of hydrogen-bond donors (Lipinski definition) is 3. The summed E-state index contributed by atoms with van der Waals surface area (Å²) in [7, 11) is 2.20. The fourth-order valence-corrected chi connectivity index (χ4v) is 6.44.